The van der Waals surface area contributed by atoms with E-state index in [1.807, 2.05) is 0 Å². The molecule has 168 valence electrons. The second-order valence-corrected chi connectivity index (χ2v) is 8.64. The Labute approximate surface area is 181 Å². The highest BCUT2D eigenvalue weighted by atomic mass is 16.6. The van der Waals surface area contributed by atoms with Crippen molar-refractivity contribution in [3.8, 4) is 17.2 Å². The summed E-state index contributed by atoms with van der Waals surface area (Å²) >= 11 is 0. The van der Waals surface area contributed by atoms with Gasteiger partial charge in [0.1, 0.15) is 23.4 Å². The molecule has 1 saturated heterocycles. The normalized spacial score (nSPS) is 34.7. The van der Waals surface area contributed by atoms with E-state index < -0.39 is 86.2 Å². The van der Waals surface area contributed by atoms with E-state index in [0.717, 1.165) is 13.2 Å². The van der Waals surface area contributed by atoms with Gasteiger partial charge in [0.15, 0.2) is 17.3 Å². The number of hydrogen-bond donors (Lipinski definition) is 3. The molecular weight excluding hydrogens is 424 g/mol. The molecule has 0 aromatic heterocycles. The molecule has 10 heteroatoms. The largest absolute Gasteiger partial charge is 0.507 e. The van der Waals surface area contributed by atoms with E-state index in [4.69, 9.17) is 14.2 Å². The number of carbonyl (C=O) groups is 4. The van der Waals surface area contributed by atoms with Gasteiger partial charge in [-0.25, -0.2) is 4.79 Å². The van der Waals surface area contributed by atoms with Crippen LogP contribution in [0.5, 0.6) is 17.2 Å². The Morgan fingerprint density at radius 1 is 1.12 bits per heavy atom. The van der Waals surface area contributed by atoms with Crippen LogP contribution in [0.2, 0.25) is 0 Å². The summed E-state index contributed by atoms with van der Waals surface area (Å²) in [6, 6.07) is 0.988. The molecule has 3 aliphatic carbocycles. The van der Waals surface area contributed by atoms with Crippen LogP contribution in [-0.2, 0) is 23.9 Å². The number of rotatable bonds is 3. The van der Waals surface area contributed by atoms with E-state index in [1.165, 1.54) is 14.0 Å². The number of esters is 1. The molecule has 1 aliphatic heterocycles. The highest BCUT2D eigenvalue weighted by Crippen LogP contribution is 2.66. The summed E-state index contributed by atoms with van der Waals surface area (Å²) in [7, 11) is 2.38. The Morgan fingerprint density at radius 2 is 1.81 bits per heavy atom. The van der Waals surface area contributed by atoms with Crippen molar-refractivity contribution in [2.45, 2.75) is 31.5 Å². The second kappa shape index (κ2) is 6.10. The molecule has 3 N–H and O–H groups in total. The average molecular weight is 444 g/mol. The number of ether oxygens (including phenoxy) is 3. The first-order valence-electron chi connectivity index (χ1n) is 10.0. The van der Waals surface area contributed by atoms with Gasteiger partial charge in [0.05, 0.1) is 29.2 Å². The lowest BCUT2D eigenvalue weighted by Gasteiger charge is -2.54. The van der Waals surface area contributed by atoms with E-state index >= 15 is 0 Å². The van der Waals surface area contributed by atoms with Crippen molar-refractivity contribution in [1.29, 1.82) is 0 Å². The predicted octanol–water partition coefficient (Wildman–Crippen LogP) is 1.07. The first-order valence-corrected chi connectivity index (χ1v) is 10.0. The third kappa shape index (κ3) is 1.95. The van der Waals surface area contributed by atoms with Crippen molar-refractivity contribution in [3.63, 3.8) is 0 Å². The zero-order chi connectivity index (χ0) is 23.3. The standard InChI is InChI=1S/C22H20O10/c1-7(23)8-4-11-9-6-21(8)15(19(28)22(9,31-3)20(29)32-11)17(26)13-10(24)5-12(30-2)16(25)14(13)18(21)27/h5,8-9,11,24-26H,4,6H2,1-3H3/t8-,9-,11-,21-,22+/m0/s1. The topological polar surface area (TPSA) is 157 Å². The van der Waals surface area contributed by atoms with Crippen LogP contribution in [-0.4, -0.2) is 64.6 Å². The minimum Gasteiger partial charge on any atom is -0.507 e. The fraction of sp³-hybridized carbons (Fsp3) is 0.455. The highest BCUT2D eigenvalue weighted by Gasteiger charge is 2.77. The average Bonchev–Trinajstić information content (AvgIpc) is 3.05. The molecule has 4 aliphatic rings. The number of carbonyl (C=O) groups excluding carboxylic acids is 4. The number of aliphatic hydroxyl groups is 1. The summed E-state index contributed by atoms with van der Waals surface area (Å²) < 4.78 is 15.8. The minimum atomic E-state index is -2.07. The van der Waals surface area contributed by atoms with Crippen LogP contribution in [0.3, 0.4) is 0 Å². The smallest absolute Gasteiger partial charge is 0.347 e. The Balaban J connectivity index is 1.92. The van der Waals surface area contributed by atoms with Gasteiger partial charge in [-0.1, -0.05) is 0 Å². The fourth-order valence-corrected chi connectivity index (χ4v) is 6.18. The number of phenolic OH excluding ortho intramolecular Hbond substituents is 2. The SMILES string of the molecule is COc1cc(O)c2c(c1O)C(=O)[C@@]13C[C@H]4[C@H](C[C@H]1C(C)=O)OC(=O)[C@]4(OC)C(=O)C3=C2O. The number of methoxy groups -OCH3 is 2. The van der Waals surface area contributed by atoms with Crippen LogP contribution < -0.4 is 4.74 Å². The van der Waals surface area contributed by atoms with Gasteiger partial charge < -0.3 is 29.5 Å². The van der Waals surface area contributed by atoms with E-state index in [-0.39, 0.29) is 18.6 Å². The number of Topliss-reactive ketones (excluding diaryl/α,β-unsaturated/α-hetero) is 3. The number of phenols is 2. The highest BCUT2D eigenvalue weighted by molar-refractivity contribution is 6.28. The predicted molar refractivity (Wildman–Crippen MR) is 104 cm³/mol. The van der Waals surface area contributed by atoms with Crippen molar-refractivity contribution in [2.75, 3.05) is 14.2 Å². The maximum absolute atomic E-state index is 14.0. The van der Waals surface area contributed by atoms with Crippen molar-refractivity contribution in [3.05, 3.63) is 22.8 Å². The Bertz CT molecular complexity index is 1180. The maximum atomic E-state index is 14.0. The fourth-order valence-electron chi connectivity index (χ4n) is 6.18. The molecule has 0 unspecified atom stereocenters. The summed E-state index contributed by atoms with van der Waals surface area (Å²) in [5.74, 6) is -7.44. The number of ketones is 3. The number of aromatic hydroxyl groups is 2. The molecule has 5 atom stereocenters. The molecule has 5 rings (SSSR count). The van der Waals surface area contributed by atoms with Gasteiger partial charge in [-0.15, -0.1) is 0 Å². The third-order valence-corrected chi connectivity index (χ3v) is 7.53. The van der Waals surface area contributed by atoms with E-state index in [0.29, 0.717) is 0 Å². The van der Waals surface area contributed by atoms with Gasteiger partial charge in [-0.3, -0.25) is 14.4 Å². The lowest BCUT2D eigenvalue weighted by atomic mass is 9.46. The molecule has 1 aromatic carbocycles. The van der Waals surface area contributed by atoms with Crippen LogP contribution in [0.25, 0.3) is 5.76 Å². The van der Waals surface area contributed by atoms with Crippen molar-refractivity contribution in [1.82, 2.24) is 0 Å². The zero-order valence-electron chi connectivity index (χ0n) is 17.4. The summed E-state index contributed by atoms with van der Waals surface area (Å²) in [6.45, 7) is 1.25. The number of aliphatic hydroxyl groups excluding tert-OH is 1. The second-order valence-electron chi connectivity index (χ2n) is 8.64. The summed E-state index contributed by atoms with van der Waals surface area (Å²) in [5.41, 5.74) is -5.32. The lowest BCUT2D eigenvalue weighted by molar-refractivity contribution is -0.166. The summed E-state index contributed by atoms with van der Waals surface area (Å²) in [5, 5.41) is 32.5. The first-order chi connectivity index (χ1) is 15.1. The van der Waals surface area contributed by atoms with Crippen LogP contribution >= 0.6 is 0 Å². The van der Waals surface area contributed by atoms with Gasteiger partial charge in [0.25, 0.3) is 0 Å². The summed E-state index contributed by atoms with van der Waals surface area (Å²) in [6.07, 6.45) is -1.07. The molecular formula is C22H20O10. The molecule has 2 saturated carbocycles. The van der Waals surface area contributed by atoms with Crippen molar-refractivity contribution in [2.24, 2.45) is 17.3 Å². The molecule has 3 fully saturated rings. The number of benzene rings is 1. The third-order valence-electron chi connectivity index (χ3n) is 7.53. The van der Waals surface area contributed by atoms with Gasteiger partial charge in [-0.2, -0.15) is 0 Å². The minimum absolute atomic E-state index is 0.0568. The lowest BCUT2D eigenvalue weighted by Crippen LogP contribution is -2.66. The maximum Gasteiger partial charge on any atom is 0.347 e. The first kappa shape index (κ1) is 20.5. The Morgan fingerprint density at radius 3 is 2.41 bits per heavy atom. The molecule has 0 radical (unpaired) electrons. The zero-order valence-corrected chi connectivity index (χ0v) is 17.4. The molecule has 10 nitrogen and oxygen atoms in total. The molecule has 1 heterocycles. The van der Waals surface area contributed by atoms with Gasteiger partial charge in [0.2, 0.25) is 11.4 Å². The van der Waals surface area contributed by atoms with Crippen LogP contribution in [0, 0.1) is 17.3 Å². The summed E-state index contributed by atoms with van der Waals surface area (Å²) in [4.78, 5) is 53.3. The Kier molecular flexibility index (Phi) is 3.91. The van der Waals surface area contributed by atoms with Crippen LogP contribution in [0.4, 0.5) is 0 Å². The van der Waals surface area contributed by atoms with Gasteiger partial charge >= 0.3 is 5.97 Å². The van der Waals surface area contributed by atoms with Crippen molar-refractivity contribution < 1.29 is 48.7 Å². The van der Waals surface area contributed by atoms with Gasteiger partial charge in [-0.05, 0) is 19.8 Å². The molecule has 32 heavy (non-hydrogen) atoms. The van der Waals surface area contributed by atoms with Gasteiger partial charge in [0, 0.05) is 25.0 Å². The van der Waals surface area contributed by atoms with E-state index in [2.05, 4.69) is 0 Å². The monoisotopic (exact) mass is 444 g/mol. The Hall–Kier alpha value is -3.40. The van der Waals surface area contributed by atoms with Crippen LogP contribution in [0.15, 0.2) is 11.6 Å². The molecule has 1 aromatic rings. The van der Waals surface area contributed by atoms with E-state index in [9.17, 15) is 34.5 Å². The van der Waals surface area contributed by atoms with E-state index in [1.54, 1.807) is 0 Å². The molecule has 0 amide bonds. The van der Waals surface area contributed by atoms with Crippen LogP contribution in [0.1, 0.15) is 35.7 Å². The number of fused-ring (bicyclic) bond motifs is 1. The molecule has 2 bridgehead atoms. The quantitative estimate of drug-likeness (QED) is 0.350. The molecule has 1 spiro atoms. The van der Waals surface area contributed by atoms with Crippen molar-refractivity contribution >= 4 is 29.1 Å². The number of hydrogen-bond acceptors (Lipinski definition) is 10.